The molecular formula is C14H21N3O2. The fraction of sp³-hybridized carbons (Fsp3) is 0.500. The molecule has 0 aromatic heterocycles. The van der Waals surface area contributed by atoms with Crippen molar-refractivity contribution in [3.63, 3.8) is 0 Å². The van der Waals surface area contributed by atoms with Gasteiger partial charge in [0.2, 0.25) is 0 Å². The van der Waals surface area contributed by atoms with Gasteiger partial charge in [-0.15, -0.1) is 0 Å². The summed E-state index contributed by atoms with van der Waals surface area (Å²) in [5.41, 5.74) is 13.1. The van der Waals surface area contributed by atoms with Crippen LogP contribution in [0.3, 0.4) is 0 Å². The SMILES string of the molecule is CC(CCN)N1C(=O)COc2ccc(CCN)cc21. The van der Waals surface area contributed by atoms with Gasteiger partial charge in [0, 0.05) is 6.04 Å². The van der Waals surface area contributed by atoms with Crippen molar-refractivity contribution in [3.05, 3.63) is 23.8 Å². The number of carbonyl (C=O) groups is 1. The van der Waals surface area contributed by atoms with Crippen LogP contribution in [0.5, 0.6) is 5.75 Å². The van der Waals surface area contributed by atoms with E-state index in [4.69, 9.17) is 16.2 Å². The molecule has 0 saturated carbocycles. The van der Waals surface area contributed by atoms with Crippen LogP contribution in [0.25, 0.3) is 0 Å². The van der Waals surface area contributed by atoms with Crippen LogP contribution < -0.4 is 21.1 Å². The molecule has 0 saturated heterocycles. The van der Waals surface area contributed by atoms with Gasteiger partial charge in [-0.25, -0.2) is 0 Å². The maximum Gasteiger partial charge on any atom is 0.265 e. The van der Waals surface area contributed by atoms with Crippen molar-refractivity contribution in [2.75, 3.05) is 24.6 Å². The fourth-order valence-corrected chi connectivity index (χ4v) is 2.39. The summed E-state index contributed by atoms with van der Waals surface area (Å²) in [5.74, 6) is 0.739. The Morgan fingerprint density at radius 2 is 2.16 bits per heavy atom. The minimum atomic E-state index is -0.0154. The van der Waals surface area contributed by atoms with Crippen LogP contribution in [0, 0.1) is 0 Å². The summed E-state index contributed by atoms with van der Waals surface area (Å²) in [6.07, 6.45) is 1.56. The molecule has 0 spiro atoms. The molecule has 0 bridgehead atoms. The van der Waals surface area contributed by atoms with Gasteiger partial charge in [0.15, 0.2) is 6.61 Å². The predicted octanol–water partition coefficient (Wildman–Crippen LogP) is 0.651. The Labute approximate surface area is 113 Å². The lowest BCUT2D eigenvalue weighted by Crippen LogP contribution is -2.45. The zero-order valence-corrected chi connectivity index (χ0v) is 11.3. The van der Waals surface area contributed by atoms with Gasteiger partial charge >= 0.3 is 0 Å². The van der Waals surface area contributed by atoms with E-state index in [0.717, 1.165) is 29.8 Å². The van der Waals surface area contributed by atoms with Gasteiger partial charge in [0.05, 0.1) is 5.69 Å². The Hall–Kier alpha value is -1.59. The Morgan fingerprint density at radius 1 is 1.37 bits per heavy atom. The molecular weight excluding hydrogens is 242 g/mol. The first-order chi connectivity index (χ1) is 9.17. The first-order valence-corrected chi connectivity index (χ1v) is 6.65. The van der Waals surface area contributed by atoms with Crippen molar-refractivity contribution in [1.82, 2.24) is 0 Å². The van der Waals surface area contributed by atoms with Crippen molar-refractivity contribution >= 4 is 11.6 Å². The van der Waals surface area contributed by atoms with E-state index in [1.54, 1.807) is 4.90 Å². The van der Waals surface area contributed by atoms with E-state index < -0.39 is 0 Å². The quantitative estimate of drug-likeness (QED) is 0.817. The number of benzene rings is 1. The average molecular weight is 263 g/mol. The summed E-state index contributed by atoms with van der Waals surface area (Å²) < 4.78 is 5.47. The molecule has 4 N–H and O–H groups in total. The Balaban J connectivity index is 2.35. The molecule has 104 valence electrons. The molecule has 1 aliphatic heterocycles. The Kier molecular flexibility index (Phi) is 4.39. The maximum atomic E-state index is 12.1. The molecule has 1 amide bonds. The van der Waals surface area contributed by atoms with Crippen molar-refractivity contribution in [2.45, 2.75) is 25.8 Å². The van der Waals surface area contributed by atoms with E-state index in [1.807, 2.05) is 25.1 Å². The maximum absolute atomic E-state index is 12.1. The molecule has 1 atom stereocenters. The lowest BCUT2D eigenvalue weighted by molar-refractivity contribution is -0.121. The Morgan fingerprint density at radius 3 is 2.84 bits per heavy atom. The lowest BCUT2D eigenvalue weighted by atomic mass is 10.1. The molecule has 1 aromatic rings. The molecule has 2 rings (SSSR count). The van der Waals surface area contributed by atoms with Gasteiger partial charge in [-0.2, -0.15) is 0 Å². The average Bonchev–Trinajstić information content (AvgIpc) is 2.39. The number of hydrogen-bond acceptors (Lipinski definition) is 4. The van der Waals surface area contributed by atoms with Crippen molar-refractivity contribution in [2.24, 2.45) is 11.5 Å². The number of fused-ring (bicyclic) bond motifs is 1. The third-order valence-corrected chi connectivity index (χ3v) is 3.36. The van der Waals surface area contributed by atoms with Crippen LogP contribution in [0.4, 0.5) is 5.69 Å². The molecule has 5 heteroatoms. The molecule has 1 aromatic carbocycles. The summed E-state index contributed by atoms with van der Waals surface area (Å²) in [7, 11) is 0. The topological polar surface area (TPSA) is 81.6 Å². The van der Waals surface area contributed by atoms with Crippen LogP contribution in [-0.4, -0.2) is 31.6 Å². The van der Waals surface area contributed by atoms with Gasteiger partial charge in [-0.1, -0.05) is 6.07 Å². The third-order valence-electron chi connectivity index (χ3n) is 3.36. The van der Waals surface area contributed by atoms with Gasteiger partial charge in [-0.05, 0) is 50.6 Å². The highest BCUT2D eigenvalue weighted by molar-refractivity contribution is 5.98. The molecule has 0 fully saturated rings. The van der Waals surface area contributed by atoms with Crippen molar-refractivity contribution < 1.29 is 9.53 Å². The van der Waals surface area contributed by atoms with Crippen molar-refractivity contribution in [1.29, 1.82) is 0 Å². The highest BCUT2D eigenvalue weighted by Crippen LogP contribution is 2.34. The second-order valence-electron chi connectivity index (χ2n) is 4.82. The number of amides is 1. The third kappa shape index (κ3) is 2.88. The number of nitrogens with two attached hydrogens (primary N) is 2. The molecule has 5 nitrogen and oxygen atoms in total. The van der Waals surface area contributed by atoms with Crippen LogP contribution in [0.15, 0.2) is 18.2 Å². The monoisotopic (exact) mass is 263 g/mol. The molecule has 19 heavy (non-hydrogen) atoms. The second kappa shape index (κ2) is 6.04. The smallest absolute Gasteiger partial charge is 0.265 e. The summed E-state index contributed by atoms with van der Waals surface area (Å²) in [5, 5.41) is 0. The Bertz CT molecular complexity index is 462. The summed E-state index contributed by atoms with van der Waals surface area (Å²) in [4.78, 5) is 13.9. The van der Waals surface area contributed by atoms with E-state index in [0.29, 0.717) is 13.1 Å². The van der Waals surface area contributed by atoms with Crippen LogP contribution in [-0.2, 0) is 11.2 Å². The lowest BCUT2D eigenvalue weighted by Gasteiger charge is -2.34. The number of rotatable bonds is 5. The highest BCUT2D eigenvalue weighted by Gasteiger charge is 2.29. The number of ether oxygens (including phenoxy) is 1. The summed E-state index contributed by atoms with van der Waals surface area (Å²) >= 11 is 0. The first kappa shape index (κ1) is 13.8. The van der Waals surface area contributed by atoms with E-state index in [1.165, 1.54) is 0 Å². The molecule has 1 unspecified atom stereocenters. The largest absolute Gasteiger partial charge is 0.482 e. The fourth-order valence-electron chi connectivity index (χ4n) is 2.39. The van der Waals surface area contributed by atoms with Gasteiger partial charge < -0.3 is 21.1 Å². The molecule has 1 heterocycles. The number of hydrogen-bond donors (Lipinski definition) is 2. The summed E-state index contributed by atoms with van der Waals surface area (Å²) in [6, 6.07) is 5.97. The van der Waals surface area contributed by atoms with E-state index in [-0.39, 0.29) is 18.6 Å². The van der Waals surface area contributed by atoms with E-state index in [9.17, 15) is 4.79 Å². The zero-order chi connectivity index (χ0) is 13.8. The number of anilines is 1. The van der Waals surface area contributed by atoms with Crippen LogP contribution >= 0.6 is 0 Å². The zero-order valence-electron chi connectivity index (χ0n) is 11.3. The predicted molar refractivity (Wildman–Crippen MR) is 75.3 cm³/mol. The highest BCUT2D eigenvalue weighted by atomic mass is 16.5. The van der Waals surface area contributed by atoms with E-state index >= 15 is 0 Å². The van der Waals surface area contributed by atoms with Gasteiger partial charge in [-0.3, -0.25) is 4.79 Å². The minimum Gasteiger partial charge on any atom is -0.482 e. The molecule has 0 radical (unpaired) electrons. The standard InChI is InChI=1S/C14H21N3O2/c1-10(4-6-15)17-12-8-11(5-7-16)2-3-13(12)19-9-14(17)18/h2-3,8,10H,4-7,9,15-16H2,1H3. The second-order valence-corrected chi connectivity index (χ2v) is 4.82. The van der Waals surface area contributed by atoms with Crippen LogP contribution in [0.1, 0.15) is 18.9 Å². The normalized spacial score (nSPS) is 15.9. The van der Waals surface area contributed by atoms with Gasteiger partial charge in [0.1, 0.15) is 5.75 Å². The van der Waals surface area contributed by atoms with E-state index in [2.05, 4.69) is 0 Å². The van der Waals surface area contributed by atoms with Crippen molar-refractivity contribution in [3.8, 4) is 5.75 Å². The summed E-state index contributed by atoms with van der Waals surface area (Å²) in [6.45, 7) is 3.25. The molecule has 0 aliphatic carbocycles. The number of carbonyl (C=O) groups excluding carboxylic acids is 1. The number of nitrogens with zero attached hydrogens (tertiary/aromatic N) is 1. The first-order valence-electron chi connectivity index (χ1n) is 6.65. The van der Waals surface area contributed by atoms with Crippen LogP contribution in [0.2, 0.25) is 0 Å². The van der Waals surface area contributed by atoms with Gasteiger partial charge in [0.25, 0.3) is 5.91 Å². The molecule has 1 aliphatic rings. The minimum absolute atomic E-state index is 0.0154.